The van der Waals surface area contributed by atoms with Gasteiger partial charge in [-0.2, -0.15) is 5.26 Å². The van der Waals surface area contributed by atoms with Crippen LogP contribution < -0.4 is 4.74 Å². The minimum atomic E-state index is 0.602. The number of nitrogens with zero attached hydrogens (tertiary/aromatic N) is 2. The van der Waals surface area contributed by atoms with E-state index in [0.717, 1.165) is 17.0 Å². The van der Waals surface area contributed by atoms with Crippen molar-refractivity contribution in [1.82, 2.24) is 0 Å². The summed E-state index contributed by atoms with van der Waals surface area (Å²) in [4.78, 5) is 4.34. The van der Waals surface area contributed by atoms with Gasteiger partial charge in [-0.1, -0.05) is 18.2 Å². The number of hydrogen-bond donors (Lipinski definition) is 0. The highest BCUT2D eigenvalue weighted by atomic mass is 16.5. The van der Waals surface area contributed by atoms with E-state index in [1.54, 1.807) is 25.5 Å². The Hall–Kier alpha value is -2.60. The van der Waals surface area contributed by atoms with Crippen molar-refractivity contribution < 1.29 is 4.74 Å². The fraction of sp³-hybridized carbons (Fsp3) is 0.0667. The molecule has 3 nitrogen and oxygen atoms in total. The number of methoxy groups -OCH3 is 1. The highest BCUT2D eigenvalue weighted by Crippen LogP contribution is 2.18. The second kappa shape index (κ2) is 5.65. The molecule has 0 saturated heterocycles. The molecular weight excluding hydrogens is 224 g/mol. The van der Waals surface area contributed by atoms with Crippen LogP contribution >= 0.6 is 0 Å². The Morgan fingerprint density at radius 2 is 2.00 bits per heavy atom. The van der Waals surface area contributed by atoms with E-state index in [2.05, 4.69) is 11.1 Å². The van der Waals surface area contributed by atoms with E-state index in [-0.39, 0.29) is 0 Å². The molecule has 2 aromatic rings. The Morgan fingerprint density at radius 1 is 1.17 bits per heavy atom. The minimum absolute atomic E-state index is 0.602. The van der Waals surface area contributed by atoms with Gasteiger partial charge in [0.05, 0.1) is 24.4 Å². The first-order valence-electron chi connectivity index (χ1n) is 5.51. The zero-order valence-corrected chi connectivity index (χ0v) is 10.00. The summed E-state index contributed by atoms with van der Waals surface area (Å²) >= 11 is 0. The Labute approximate surface area is 106 Å². The molecule has 0 aliphatic rings. The van der Waals surface area contributed by atoms with Crippen LogP contribution in [0.4, 0.5) is 5.69 Å². The van der Waals surface area contributed by atoms with Crippen molar-refractivity contribution in [3.63, 3.8) is 0 Å². The van der Waals surface area contributed by atoms with Crippen molar-refractivity contribution >= 4 is 11.9 Å². The zero-order valence-electron chi connectivity index (χ0n) is 10.00. The average Bonchev–Trinajstić information content (AvgIpc) is 2.45. The molecule has 0 saturated carbocycles. The van der Waals surface area contributed by atoms with Crippen LogP contribution in [0.3, 0.4) is 0 Å². The summed E-state index contributed by atoms with van der Waals surface area (Å²) in [7, 11) is 1.63. The lowest BCUT2D eigenvalue weighted by Gasteiger charge is -2.02. The zero-order chi connectivity index (χ0) is 12.8. The number of nitriles is 1. The standard InChI is InChI=1S/C15H12N2O/c1-18-15-8-3-2-6-13(15)11-17-14-7-4-5-12(9-14)10-16/h2-9,11H,1H3. The van der Waals surface area contributed by atoms with Gasteiger partial charge in [-0.05, 0) is 30.3 Å². The maximum Gasteiger partial charge on any atom is 0.127 e. The molecule has 18 heavy (non-hydrogen) atoms. The highest BCUT2D eigenvalue weighted by molar-refractivity contribution is 5.85. The fourth-order valence-corrected chi connectivity index (χ4v) is 1.57. The van der Waals surface area contributed by atoms with Crippen molar-refractivity contribution in [2.75, 3.05) is 7.11 Å². The van der Waals surface area contributed by atoms with Crippen molar-refractivity contribution in [3.05, 3.63) is 59.7 Å². The number of ether oxygens (including phenoxy) is 1. The highest BCUT2D eigenvalue weighted by Gasteiger charge is 1.98. The summed E-state index contributed by atoms with van der Waals surface area (Å²) in [6.07, 6.45) is 1.73. The number of benzene rings is 2. The van der Waals surface area contributed by atoms with Crippen LogP contribution in [0.2, 0.25) is 0 Å². The maximum absolute atomic E-state index is 8.81. The number of hydrogen-bond acceptors (Lipinski definition) is 3. The lowest BCUT2D eigenvalue weighted by Crippen LogP contribution is -1.89. The van der Waals surface area contributed by atoms with Gasteiger partial charge in [0.2, 0.25) is 0 Å². The third-order valence-electron chi connectivity index (χ3n) is 2.47. The van der Waals surface area contributed by atoms with Gasteiger partial charge in [0, 0.05) is 11.8 Å². The summed E-state index contributed by atoms with van der Waals surface area (Å²) < 4.78 is 5.24. The molecule has 2 aromatic carbocycles. The summed E-state index contributed by atoms with van der Waals surface area (Å²) in [6, 6.07) is 16.9. The first-order chi connectivity index (χ1) is 8.83. The van der Waals surface area contributed by atoms with Gasteiger partial charge in [0.25, 0.3) is 0 Å². The van der Waals surface area contributed by atoms with E-state index in [4.69, 9.17) is 10.00 Å². The molecule has 0 radical (unpaired) electrons. The van der Waals surface area contributed by atoms with E-state index in [1.165, 1.54) is 0 Å². The number of aliphatic imine (C=N–C) groups is 1. The van der Waals surface area contributed by atoms with E-state index < -0.39 is 0 Å². The van der Waals surface area contributed by atoms with Gasteiger partial charge in [0.15, 0.2) is 0 Å². The smallest absolute Gasteiger partial charge is 0.127 e. The van der Waals surface area contributed by atoms with E-state index >= 15 is 0 Å². The first-order valence-corrected chi connectivity index (χ1v) is 5.51. The van der Waals surface area contributed by atoms with Crippen LogP contribution in [0.25, 0.3) is 0 Å². The van der Waals surface area contributed by atoms with Gasteiger partial charge in [-0.15, -0.1) is 0 Å². The summed E-state index contributed by atoms with van der Waals surface area (Å²) in [6.45, 7) is 0. The summed E-state index contributed by atoms with van der Waals surface area (Å²) in [5.74, 6) is 0.776. The molecule has 0 unspecified atom stereocenters. The van der Waals surface area contributed by atoms with Gasteiger partial charge in [-0.25, -0.2) is 0 Å². The van der Waals surface area contributed by atoms with Crippen LogP contribution in [-0.2, 0) is 0 Å². The van der Waals surface area contributed by atoms with Gasteiger partial charge in [-0.3, -0.25) is 4.99 Å². The van der Waals surface area contributed by atoms with E-state index in [0.29, 0.717) is 5.56 Å². The van der Waals surface area contributed by atoms with Gasteiger partial charge in [0.1, 0.15) is 5.75 Å². The van der Waals surface area contributed by atoms with Crippen LogP contribution in [0.15, 0.2) is 53.5 Å². The van der Waals surface area contributed by atoms with Gasteiger partial charge < -0.3 is 4.74 Å². The normalized spacial score (nSPS) is 10.2. The molecule has 0 aliphatic heterocycles. The van der Waals surface area contributed by atoms with Crippen molar-refractivity contribution in [3.8, 4) is 11.8 Å². The molecular formula is C15H12N2O. The summed E-state index contributed by atoms with van der Waals surface area (Å²) in [5, 5.41) is 8.81. The van der Waals surface area contributed by atoms with Crippen LogP contribution in [0, 0.1) is 11.3 Å². The van der Waals surface area contributed by atoms with E-state index in [1.807, 2.05) is 36.4 Å². The van der Waals surface area contributed by atoms with E-state index in [9.17, 15) is 0 Å². The second-order valence-corrected chi connectivity index (χ2v) is 3.66. The molecule has 0 bridgehead atoms. The molecule has 0 spiro atoms. The lowest BCUT2D eigenvalue weighted by molar-refractivity contribution is 0.414. The Balaban J connectivity index is 2.27. The summed E-state index contributed by atoms with van der Waals surface area (Å²) in [5.41, 5.74) is 2.26. The van der Waals surface area contributed by atoms with Crippen LogP contribution in [0.5, 0.6) is 5.75 Å². The molecule has 0 heterocycles. The fourth-order valence-electron chi connectivity index (χ4n) is 1.57. The first kappa shape index (κ1) is 11.9. The topological polar surface area (TPSA) is 45.4 Å². The van der Waals surface area contributed by atoms with Crippen molar-refractivity contribution in [1.29, 1.82) is 5.26 Å². The molecule has 0 N–H and O–H groups in total. The Kier molecular flexibility index (Phi) is 3.72. The largest absolute Gasteiger partial charge is 0.496 e. The molecule has 0 amide bonds. The molecule has 0 atom stereocenters. The van der Waals surface area contributed by atoms with Gasteiger partial charge >= 0.3 is 0 Å². The SMILES string of the molecule is COc1ccccc1C=Nc1cccc(C#N)c1. The predicted octanol–water partition coefficient (Wildman–Crippen LogP) is 3.32. The number of rotatable bonds is 3. The minimum Gasteiger partial charge on any atom is -0.496 e. The molecule has 88 valence electrons. The quantitative estimate of drug-likeness (QED) is 0.767. The third-order valence-corrected chi connectivity index (χ3v) is 2.47. The van der Waals surface area contributed by atoms with Crippen LogP contribution in [-0.4, -0.2) is 13.3 Å². The van der Waals surface area contributed by atoms with Crippen molar-refractivity contribution in [2.24, 2.45) is 4.99 Å². The van der Waals surface area contributed by atoms with Crippen molar-refractivity contribution in [2.45, 2.75) is 0 Å². The Morgan fingerprint density at radius 3 is 2.78 bits per heavy atom. The molecule has 3 heteroatoms. The third kappa shape index (κ3) is 2.74. The second-order valence-electron chi connectivity index (χ2n) is 3.66. The van der Waals surface area contributed by atoms with Crippen LogP contribution in [0.1, 0.15) is 11.1 Å². The molecule has 2 rings (SSSR count). The lowest BCUT2D eigenvalue weighted by atomic mass is 10.2. The monoisotopic (exact) mass is 236 g/mol. The molecule has 0 aliphatic carbocycles. The predicted molar refractivity (Wildman–Crippen MR) is 71.4 cm³/mol. The maximum atomic E-state index is 8.81. The average molecular weight is 236 g/mol. The molecule has 0 fully saturated rings. The Bertz CT molecular complexity index is 612. The molecule has 0 aromatic heterocycles. The number of para-hydroxylation sites is 1.